The summed E-state index contributed by atoms with van der Waals surface area (Å²) in [4.78, 5) is 3.98. The van der Waals surface area contributed by atoms with Crippen molar-refractivity contribution in [3.05, 3.63) is 53.9 Å². The van der Waals surface area contributed by atoms with Crippen molar-refractivity contribution in [1.82, 2.24) is 4.98 Å². The highest BCUT2D eigenvalue weighted by atomic mass is 79.9. The largest absolute Gasteiger partial charge is 0.493 e. The van der Waals surface area contributed by atoms with E-state index in [0.29, 0.717) is 6.61 Å². The first-order valence-electron chi connectivity index (χ1n) is 5.58. The number of hydrogen-bond donors (Lipinski definition) is 0. The lowest BCUT2D eigenvalue weighted by atomic mass is 10.2. The van der Waals surface area contributed by atoms with Gasteiger partial charge in [0.2, 0.25) is 0 Å². The van der Waals surface area contributed by atoms with Gasteiger partial charge in [0, 0.05) is 17.7 Å². The molecule has 1 aromatic heterocycles. The fraction of sp³-hybridized carbons (Fsp3) is 0.214. The third-order valence-electron chi connectivity index (χ3n) is 2.53. The van der Waals surface area contributed by atoms with E-state index in [4.69, 9.17) is 9.47 Å². The van der Waals surface area contributed by atoms with Gasteiger partial charge in [0.05, 0.1) is 7.11 Å². The quantitative estimate of drug-likeness (QED) is 0.791. The van der Waals surface area contributed by atoms with E-state index in [1.165, 1.54) is 0 Å². The smallest absolute Gasteiger partial charge is 0.161 e. The zero-order chi connectivity index (χ0) is 12.8. The number of alkyl halides is 1. The van der Waals surface area contributed by atoms with Crippen molar-refractivity contribution < 1.29 is 9.47 Å². The summed E-state index contributed by atoms with van der Waals surface area (Å²) in [6.07, 6.45) is 3.51. The number of benzene rings is 1. The van der Waals surface area contributed by atoms with Gasteiger partial charge in [-0.3, -0.25) is 4.98 Å². The molecule has 0 aliphatic carbocycles. The van der Waals surface area contributed by atoms with E-state index >= 15 is 0 Å². The maximum Gasteiger partial charge on any atom is 0.161 e. The standard InChI is InChI=1S/C14H14BrNO2/c1-17-13-3-2-12(9-15)8-14(13)18-10-11-4-6-16-7-5-11/h2-8H,9-10H2,1H3. The van der Waals surface area contributed by atoms with Gasteiger partial charge in [0.1, 0.15) is 6.61 Å². The number of rotatable bonds is 5. The highest BCUT2D eigenvalue weighted by molar-refractivity contribution is 9.08. The minimum absolute atomic E-state index is 0.505. The molecule has 1 aromatic carbocycles. The average molecular weight is 308 g/mol. The molecule has 4 heteroatoms. The Bertz CT molecular complexity index is 502. The Morgan fingerprint density at radius 1 is 1.06 bits per heavy atom. The molecule has 2 rings (SSSR count). The lowest BCUT2D eigenvalue weighted by Crippen LogP contribution is -1.98. The van der Waals surface area contributed by atoms with Gasteiger partial charge in [-0.1, -0.05) is 22.0 Å². The van der Waals surface area contributed by atoms with Crippen molar-refractivity contribution in [2.24, 2.45) is 0 Å². The second-order valence-electron chi connectivity index (χ2n) is 3.76. The molecule has 0 amide bonds. The Morgan fingerprint density at radius 3 is 2.50 bits per heavy atom. The molecule has 0 bridgehead atoms. The number of halogens is 1. The van der Waals surface area contributed by atoms with E-state index in [2.05, 4.69) is 20.9 Å². The van der Waals surface area contributed by atoms with Crippen LogP contribution >= 0.6 is 15.9 Å². The van der Waals surface area contributed by atoms with Crippen LogP contribution in [0.5, 0.6) is 11.5 Å². The Morgan fingerprint density at radius 2 is 1.83 bits per heavy atom. The minimum atomic E-state index is 0.505. The lowest BCUT2D eigenvalue weighted by molar-refractivity contribution is 0.284. The minimum Gasteiger partial charge on any atom is -0.493 e. The van der Waals surface area contributed by atoms with Crippen LogP contribution in [-0.2, 0) is 11.9 Å². The van der Waals surface area contributed by atoms with Crippen LogP contribution in [0.2, 0.25) is 0 Å². The van der Waals surface area contributed by atoms with Crippen LogP contribution in [0, 0.1) is 0 Å². The van der Waals surface area contributed by atoms with Crippen LogP contribution in [0.4, 0.5) is 0 Å². The van der Waals surface area contributed by atoms with E-state index in [-0.39, 0.29) is 0 Å². The summed E-state index contributed by atoms with van der Waals surface area (Å²) < 4.78 is 11.1. The van der Waals surface area contributed by atoms with E-state index in [1.54, 1.807) is 19.5 Å². The molecule has 0 fully saturated rings. The molecule has 3 nitrogen and oxygen atoms in total. The third-order valence-corrected chi connectivity index (χ3v) is 3.17. The molecule has 2 aromatic rings. The zero-order valence-corrected chi connectivity index (χ0v) is 11.7. The predicted molar refractivity (Wildman–Crippen MR) is 74.2 cm³/mol. The van der Waals surface area contributed by atoms with Gasteiger partial charge in [-0.25, -0.2) is 0 Å². The van der Waals surface area contributed by atoms with Gasteiger partial charge < -0.3 is 9.47 Å². The summed E-state index contributed by atoms with van der Waals surface area (Å²) in [5.74, 6) is 1.50. The summed E-state index contributed by atoms with van der Waals surface area (Å²) >= 11 is 3.43. The molecule has 18 heavy (non-hydrogen) atoms. The average Bonchev–Trinajstić information content (AvgIpc) is 2.45. The third kappa shape index (κ3) is 3.23. The molecule has 0 N–H and O–H groups in total. The molecule has 1 heterocycles. The topological polar surface area (TPSA) is 31.4 Å². The van der Waals surface area contributed by atoms with E-state index in [9.17, 15) is 0 Å². The fourth-order valence-corrected chi connectivity index (χ4v) is 1.91. The number of aromatic nitrogens is 1. The van der Waals surface area contributed by atoms with Crippen molar-refractivity contribution in [2.45, 2.75) is 11.9 Å². The number of methoxy groups -OCH3 is 1. The van der Waals surface area contributed by atoms with Gasteiger partial charge in [-0.15, -0.1) is 0 Å². The Balaban J connectivity index is 2.12. The number of ether oxygens (including phenoxy) is 2. The molecular weight excluding hydrogens is 294 g/mol. The Hall–Kier alpha value is -1.55. The summed E-state index contributed by atoms with van der Waals surface area (Å²) in [6, 6.07) is 9.77. The number of nitrogens with zero attached hydrogens (tertiary/aromatic N) is 1. The lowest BCUT2D eigenvalue weighted by Gasteiger charge is -2.11. The van der Waals surface area contributed by atoms with Crippen LogP contribution < -0.4 is 9.47 Å². The van der Waals surface area contributed by atoms with Gasteiger partial charge in [0.25, 0.3) is 0 Å². The zero-order valence-electron chi connectivity index (χ0n) is 10.1. The van der Waals surface area contributed by atoms with Crippen LogP contribution in [0.3, 0.4) is 0 Å². The van der Waals surface area contributed by atoms with E-state index < -0.39 is 0 Å². The molecule has 0 aliphatic heterocycles. The van der Waals surface area contributed by atoms with E-state index in [1.807, 2.05) is 30.3 Å². The molecule has 0 aliphatic rings. The molecule has 0 unspecified atom stereocenters. The number of hydrogen-bond acceptors (Lipinski definition) is 3. The SMILES string of the molecule is COc1ccc(CBr)cc1OCc1ccncc1. The first-order valence-corrected chi connectivity index (χ1v) is 6.70. The molecule has 0 spiro atoms. The Kier molecular flexibility index (Phi) is 4.59. The maximum absolute atomic E-state index is 5.78. The normalized spacial score (nSPS) is 10.1. The van der Waals surface area contributed by atoms with Crippen molar-refractivity contribution in [3.8, 4) is 11.5 Å². The summed E-state index contributed by atoms with van der Waals surface area (Å²) in [5.41, 5.74) is 2.23. The van der Waals surface area contributed by atoms with Crippen LogP contribution in [-0.4, -0.2) is 12.1 Å². The molecule has 0 saturated heterocycles. The molecule has 0 atom stereocenters. The molecule has 0 saturated carbocycles. The summed E-state index contributed by atoms with van der Waals surface area (Å²) in [6.45, 7) is 0.505. The van der Waals surface area contributed by atoms with Crippen LogP contribution in [0.15, 0.2) is 42.7 Å². The maximum atomic E-state index is 5.78. The second kappa shape index (κ2) is 6.40. The Labute approximate surface area is 115 Å². The fourth-order valence-electron chi connectivity index (χ4n) is 1.56. The van der Waals surface area contributed by atoms with E-state index in [0.717, 1.165) is 28.0 Å². The molecule has 94 valence electrons. The highest BCUT2D eigenvalue weighted by Crippen LogP contribution is 2.29. The van der Waals surface area contributed by atoms with Crippen LogP contribution in [0.25, 0.3) is 0 Å². The van der Waals surface area contributed by atoms with Crippen molar-refractivity contribution in [1.29, 1.82) is 0 Å². The monoisotopic (exact) mass is 307 g/mol. The van der Waals surface area contributed by atoms with Gasteiger partial charge in [-0.05, 0) is 35.4 Å². The first kappa shape index (κ1) is 12.9. The van der Waals surface area contributed by atoms with Crippen molar-refractivity contribution in [3.63, 3.8) is 0 Å². The van der Waals surface area contributed by atoms with Crippen molar-refractivity contribution in [2.75, 3.05) is 7.11 Å². The van der Waals surface area contributed by atoms with Crippen molar-refractivity contribution >= 4 is 15.9 Å². The molecular formula is C14H14BrNO2. The second-order valence-corrected chi connectivity index (χ2v) is 4.32. The summed E-state index contributed by atoms with van der Waals surface area (Å²) in [5, 5.41) is 0.794. The first-order chi connectivity index (χ1) is 8.83. The highest BCUT2D eigenvalue weighted by Gasteiger charge is 2.05. The predicted octanol–water partition coefficient (Wildman–Crippen LogP) is 3.56. The van der Waals surface area contributed by atoms with Gasteiger partial charge in [0.15, 0.2) is 11.5 Å². The van der Waals surface area contributed by atoms with Gasteiger partial charge in [-0.2, -0.15) is 0 Å². The summed E-state index contributed by atoms with van der Waals surface area (Å²) in [7, 11) is 1.64. The van der Waals surface area contributed by atoms with Crippen LogP contribution in [0.1, 0.15) is 11.1 Å². The molecule has 0 radical (unpaired) electrons. The number of pyridine rings is 1. The van der Waals surface area contributed by atoms with Gasteiger partial charge >= 0.3 is 0 Å².